The van der Waals surface area contributed by atoms with Crippen LogP contribution >= 0.6 is 0 Å². The number of anilines is 1. The normalized spacial score (nSPS) is 12.9. The van der Waals surface area contributed by atoms with E-state index in [2.05, 4.69) is 10.0 Å². The first-order valence-corrected chi connectivity index (χ1v) is 9.85. The fourth-order valence-corrected chi connectivity index (χ4v) is 3.98. The summed E-state index contributed by atoms with van der Waals surface area (Å²) in [6.07, 6.45) is 0.816. The van der Waals surface area contributed by atoms with Gasteiger partial charge in [0.25, 0.3) is 0 Å². The highest BCUT2D eigenvalue weighted by molar-refractivity contribution is 7.89. The number of nitrogens with zero attached hydrogens (tertiary/aromatic N) is 1. The van der Waals surface area contributed by atoms with Gasteiger partial charge in [0.1, 0.15) is 0 Å². The number of amides is 1. The number of carbonyl (C=O) groups excluding carboxylic acids is 1. The Bertz CT molecular complexity index is 1070. The molecule has 0 aliphatic carbocycles. The number of aryl methyl sites for hydroxylation is 1. The van der Waals surface area contributed by atoms with Crippen molar-refractivity contribution in [2.75, 3.05) is 11.9 Å². The monoisotopic (exact) mass is 387 g/mol. The Kier molecular flexibility index (Phi) is 5.31. The van der Waals surface area contributed by atoms with Crippen molar-refractivity contribution >= 4 is 32.5 Å². The Hall–Kier alpha value is -2.68. The SMILES string of the molecule is CC(=O)Nc1ccc(S(=O)(=O)NC[C@@H](O)c2cn(C)c3ccccc23)cc1. The second-order valence-corrected chi connectivity index (χ2v) is 8.05. The Balaban J connectivity index is 1.73. The van der Waals surface area contributed by atoms with E-state index in [0.29, 0.717) is 11.3 Å². The van der Waals surface area contributed by atoms with Crippen molar-refractivity contribution < 1.29 is 18.3 Å². The van der Waals surface area contributed by atoms with Crippen molar-refractivity contribution in [2.45, 2.75) is 17.9 Å². The van der Waals surface area contributed by atoms with Gasteiger partial charge in [-0.05, 0) is 30.3 Å². The molecule has 3 rings (SSSR count). The minimum atomic E-state index is -3.78. The number of nitrogens with one attached hydrogen (secondary N) is 2. The first-order valence-electron chi connectivity index (χ1n) is 8.37. The predicted octanol–water partition coefficient (Wildman–Crippen LogP) is 2.15. The lowest BCUT2D eigenvalue weighted by atomic mass is 10.1. The molecule has 0 aliphatic rings. The van der Waals surface area contributed by atoms with Crippen LogP contribution in [-0.4, -0.2) is 30.5 Å². The Labute approximate surface area is 157 Å². The molecule has 2 aromatic carbocycles. The van der Waals surface area contributed by atoms with Crippen molar-refractivity contribution in [1.82, 2.24) is 9.29 Å². The van der Waals surface area contributed by atoms with Crippen LogP contribution in [0.15, 0.2) is 59.6 Å². The molecule has 1 aromatic heterocycles. The Morgan fingerprint density at radius 2 is 1.81 bits per heavy atom. The molecule has 0 spiro atoms. The van der Waals surface area contributed by atoms with Crippen LogP contribution in [0.2, 0.25) is 0 Å². The zero-order chi connectivity index (χ0) is 19.6. The summed E-state index contributed by atoms with van der Waals surface area (Å²) in [7, 11) is -1.91. The third-order valence-electron chi connectivity index (χ3n) is 4.24. The fraction of sp³-hybridized carbons (Fsp3) is 0.211. The summed E-state index contributed by atoms with van der Waals surface area (Å²) in [5.41, 5.74) is 2.14. The third kappa shape index (κ3) is 4.19. The number of carbonyl (C=O) groups is 1. The molecule has 0 aliphatic heterocycles. The third-order valence-corrected chi connectivity index (χ3v) is 5.68. The molecule has 0 bridgehead atoms. The molecule has 1 atom stereocenters. The van der Waals surface area contributed by atoms with Crippen LogP contribution in [0, 0.1) is 0 Å². The standard InChI is InChI=1S/C19H21N3O4S/c1-13(23)21-14-7-9-15(10-8-14)27(25,26)20-11-19(24)17-12-22(2)18-6-4-3-5-16(17)18/h3-10,12,19-20,24H,11H2,1-2H3,(H,21,23)/t19-/m1/s1. The number of para-hydroxylation sites is 1. The zero-order valence-electron chi connectivity index (χ0n) is 15.0. The van der Waals surface area contributed by atoms with E-state index >= 15 is 0 Å². The predicted molar refractivity (Wildman–Crippen MR) is 104 cm³/mol. The maximum atomic E-state index is 12.5. The lowest BCUT2D eigenvalue weighted by Gasteiger charge is -2.12. The van der Waals surface area contributed by atoms with Gasteiger partial charge in [-0.1, -0.05) is 18.2 Å². The van der Waals surface area contributed by atoms with E-state index in [1.807, 2.05) is 35.9 Å². The van der Waals surface area contributed by atoms with Gasteiger partial charge in [0.05, 0.1) is 11.0 Å². The molecule has 0 saturated carbocycles. The summed E-state index contributed by atoms with van der Waals surface area (Å²) >= 11 is 0. The molecular weight excluding hydrogens is 366 g/mol. The van der Waals surface area contributed by atoms with Gasteiger partial charge in [-0.25, -0.2) is 13.1 Å². The van der Waals surface area contributed by atoms with Crippen molar-refractivity contribution in [2.24, 2.45) is 7.05 Å². The molecule has 7 nitrogen and oxygen atoms in total. The van der Waals surface area contributed by atoms with Crippen molar-refractivity contribution in [3.8, 4) is 0 Å². The van der Waals surface area contributed by atoms with Crippen molar-refractivity contribution in [1.29, 1.82) is 0 Å². The topological polar surface area (TPSA) is 100 Å². The molecule has 0 saturated heterocycles. The summed E-state index contributed by atoms with van der Waals surface area (Å²) in [6.45, 7) is 1.23. The quantitative estimate of drug-likeness (QED) is 0.603. The van der Waals surface area contributed by atoms with E-state index < -0.39 is 16.1 Å². The van der Waals surface area contributed by atoms with Crippen LogP contribution in [0.25, 0.3) is 10.9 Å². The van der Waals surface area contributed by atoms with Crippen LogP contribution in [0.5, 0.6) is 0 Å². The largest absolute Gasteiger partial charge is 0.387 e. The molecule has 8 heteroatoms. The number of sulfonamides is 1. The number of rotatable bonds is 6. The summed E-state index contributed by atoms with van der Waals surface area (Å²) in [4.78, 5) is 11.1. The Morgan fingerprint density at radius 3 is 2.48 bits per heavy atom. The summed E-state index contributed by atoms with van der Waals surface area (Å²) in [5.74, 6) is -0.234. The minimum Gasteiger partial charge on any atom is -0.387 e. The molecular formula is C19H21N3O4S. The van der Waals surface area contributed by atoms with E-state index in [9.17, 15) is 18.3 Å². The van der Waals surface area contributed by atoms with Gasteiger partial charge in [-0.15, -0.1) is 0 Å². The molecule has 142 valence electrons. The van der Waals surface area contributed by atoms with Gasteiger partial charge in [0, 0.05) is 48.9 Å². The molecule has 3 aromatic rings. The highest BCUT2D eigenvalue weighted by Crippen LogP contribution is 2.26. The molecule has 3 N–H and O–H groups in total. The number of fused-ring (bicyclic) bond motifs is 1. The molecule has 1 amide bonds. The van der Waals surface area contributed by atoms with Crippen LogP contribution < -0.4 is 10.0 Å². The zero-order valence-corrected chi connectivity index (χ0v) is 15.8. The van der Waals surface area contributed by atoms with Gasteiger partial charge in [0.2, 0.25) is 15.9 Å². The smallest absolute Gasteiger partial charge is 0.240 e. The number of hydrogen-bond acceptors (Lipinski definition) is 4. The summed E-state index contributed by atoms with van der Waals surface area (Å²) in [5, 5.41) is 14.0. The van der Waals surface area contributed by atoms with E-state index in [0.717, 1.165) is 10.9 Å². The second-order valence-electron chi connectivity index (χ2n) is 6.29. The first-order chi connectivity index (χ1) is 12.8. The van der Waals surface area contributed by atoms with E-state index in [1.54, 1.807) is 6.20 Å². The Morgan fingerprint density at radius 1 is 1.15 bits per heavy atom. The number of hydrogen-bond donors (Lipinski definition) is 3. The van der Waals surface area contributed by atoms with Crippen LogP contribution in [0.1, 0.15) is 18.6 Å². The highest BCUT2D eigenvalue weighted by atomic mass is 32.2. The van der Waals surface area contributed by atoms with Gasteiger partial charge in [0.15, 0.2) is 0 Å². The second kappa shape index (κ2) is 7.51. The van der Waals surface area contributed by atoms with E-state index in [-0.39, 0.29) is 17.3 Å². The van der Waals surface area contributed by atoms with E-state index in [1.165, 1.54) is 31.2 Å². The van der Waals surface area contributed by atoms with E-state index in [4.69, 9.17) is 0 Å². The molecule has 1 heterocycles. The summed E-state index contributed by atoms with van der Waals surface area (Å²) in [6, 6.07) is 13.4. The summed E-state index contributed by atoms with van der Waals surface area (Å²) < 4.78 is 29.2. The van der Waals surface area contributed by atoms with Gasteiger partial charge >= 0.3 is 0 Å². The van der Waals surface area contributed by atoms with Crippen molar-refractivity contribution in [3.05, 3.63) is 60.3 Å². The van der Waals surface area contributed by atoms with Gasteiger partial charge in [-0.3, -0.25) is 4.79 Å². The average Bonchev–Trinajstić information content (AvgIpc) is 2.97. The van der Waals surface area contributed by atoms with Gasteiger partial charge in [-0.2, -0.15) is 0 Å². The lowest BCUT2D eigenvalue weighted by Crippen LogP contribution is -2.28. The van der Waals surface area contributed by atoms with Crippen molar-refractivity contribution in [3.63, 3.8) is 0 Å². The maximum Gasteiger partial charge on any atom is 0.240 e. The van der Waals surface area contributed by atoms with Crippen LogP contribution in [0.4, 0.5) is 5.69 Å². The average molecular weight is 387 g/mol. The minimum absolute atomic E-state index is 0.0571. The molecule has 0 unspecified atom stereocenters. The fourth-order valence-electron chi connectivity index (χ4n) is 2.94. The van der Waals surface area contributed by atoms with Gasteiger partial charge < -0.3 is 15.0 Å². The molecule has 0 fully saturated rings. The molecule has 27 heavy (non-hydrogen) atoms. The lowest BCUT2D eigenvalue weighted by molar-refractivity contribution is -0.114. The van der Waals surface area contributed by atoms with Crippen LogP contribution in [-0.2, 0) is 21.9 Å². The maximum absolute atomic E-state index is 12.5. The number of aliphatic hydroxyl groups is 1. The number of aromatic nitrogens is 1. The number of aliphatic hydroxyl groups excluding tert-OH is 1. The number of benzene rings is 2. The first kappa shape index (κ1) is 19.1. The van der Waals surface area contributed by atoms with Crippen LogP contribution in [0.3, 0.4) is 0 Å². The highest BCUT2D eigenvalue weighted by Gasteiger charge is 2.19. The molecule has 0 radical (unpaired) electrons.